The molecular weight excluding hydrogens is 312 g/mol. The summed E-state index contributed by atoms with van der Waals surface area (Å²) in [5.74, 6) is 0.0692. The largest absolute Gasteiger partial charge is 0.341 e. The van der Waals surface area contributed by atoms with Crippen LogP contribution in [0.4, 0.5) is 0 Å². The summed E-state index contributed by atoms with van der Waals surface area (Å²) in [5, 5.41) is 0. The molecule has 0 aliphatic carbocycles. The number of hydrogen-bond acceptors (Lipinski definition) is 3. The number of thiophene rings is 1. The third-order valence-electron chi connectivity index (χ3n) is 2.62. The highest BCUT2D eigenvalue weighted by Crippen LogP contribution is 2.23. The standard InChI is InChI=1S/C13H13BrN2OS/c1-16(9-6-10-4-7-15-8-5-10)13(17)11-2-3-12(14)18-11/h2-5,7-8H,6,9H2,1H3. The fourth-order valence-corrected chi connectivity index (χ4v) is 2.95. The van der Waals surface area contributed by atoms with Crippen molar-refractivity contribution in [3.05, 3.63) is 50.9 Å². The molecule has 0 spiro atoms. The van der Waals surface area contributed by atoms with E-state index < -0.39 is 0 Å². The van der Waals surface area contributed by atoms with Crippen LogP contribution in [0.2, 0.25) is 0 Å². The van der Waals surface area contributed by atoms with Crippen LogP contribution in [0.15, 0.2) is 40.4 Å². The van der Waals surface area contributed by atoms with Crippen molar-refractivity contribution < 1.29 is 4.79 Å². The Bertz CT molecular complexity index is 527. The summed E-state index contributed by atoms with van der Waals surface area (Å²) in [5.41, 5.74) is 1.19. The number of rotatable bonds is 4. The normalized spacial score (nSPS) is 10.3. The van der Waals surface area contributed by atoms with Crippen molar-refractivity contribution in [2.24, 2.45) is 0 Å². The van der Waals surface area contributed by atoms with E-state index in [2.05, 4.69) is 20.9 Å². The van der Waals surface area contributed by atoms with Gasteiger partial charge in [0.25, 0.3) is 5.91 Å². The average molecular weight is 325 g/mol. The molecule has 2 aromatic rings. The first-order valence-corrected chi connectivity index (χ1v) is 7.17. The van der Waals surface area contributed by atoms with Gasteiger partial charge in [-0.3, -0.25) is 9.78 Å². The monoisotopic (exact) mass is 324 g/mol. The number of aromatic nitrogens is 1. The second-order valence-electron chi connectivity index (χ2n) is 3.94. The first-order chi connectivity index (χ1) is 8.66. The molecule has 0 radical (unpaired) electrons. The van der Waals surface area contributed by atoms with Crippen molar-refractivity contribution in [1.29, 1.82) is 0 Å². The summed E-state index contributed by atoms with van der Waals surface area (Å²) < 4.78 is 0.980. The lowest BCUT2D eigenvalue weighted by Crippen LogP contribution is -2.28. The molecule has 1 amide bonds. The van der Waals surface area contributed by atoms with Crippen LogP contribution in [0.1, 0.15) is 15.2 Å². The van der Waals surface area contributed by atoms with E-state index in [4.69, 9.17) is 0 Å². The minimum absolute atomic E-state index is 0.0692. The van der Waals surface area contributed by atoms with Gasteiger partial charge in [0, 0.05) is 26.0 Å². The predicted molar refractivity (Wildman–Crippen MR) is 76.9 cm³/mol. The van der Waals surface area contributed by atoms with Crippen molar-refractivity contribution in [3.63, 3.8) is 0 Å². The molecule has 0 bridgehead atoms. The SMILES string of the molecule is CN(CCc1ccncc1)C(=O)c1ccc(Br)s1. The Morgan fingerprint density at radius 3 is 2.67 bits per heavy atom. The second-order valence-corrected chi connectivity index (χ2v) is 6.40. The predicted octanol–water partition coefficient (Wildman–Crippen LogP) is 3.22. The molecule has 0 fully saturated rings. The summed E-state index contributed by atoms with van der Waals surface area (Å²) in [6, 6.07) is 7.69. The molecule has 18 heavy (non-hydrogen) atoms. The second kappa shape index (κ2) is 6.11. The highest BCUT2D eigenvalue weighted by atomic mass is 79.9. The van der Waals surface area contributed by atoms with Gasteiger partial charge in [-0.05, 0) is 52.2 Å². The molecule has 0 aliphatic rings. The topological polar surface area (TPSA) is 33.2 Å². The quantitative estimate of drug-likeness (QED) is 0.865. The number of nitrogens with zero attached hydrogens (tertiary/aromatic N) is 2. The molecule has 3 nitrogen and oxygen atoms in total. The van der Waals surface area contributed by atoms with E-state index in [1.54, 1.807) is 17.3 Å². The lowest BCUT2D eigenvalue weighted by molar-refractivity contribution is 0.0801. The maximum Gasteiger partial charge on any atom is 0.263 e. The van der Waals surface area contributed by atoms with Gasteiger partial charge in [-0.1, -0.05) is 0 Å². The van der Waals surface area contributed by atoms with Crippen LogP contribution in [0, 0.1) is 0 Å². The zero-order chi connectivity index (χ0) is 13.0. The van der Waals surface area contributed by atoms with Crippen LogP contribution in [0.5, 0.6) is 0 Å². The Morgan fingerprint density at radius 1 is 1.33 bits per heavy atom. The lowest BCUT2D eigenvalue weighted by atomic mass is 10.2. The Labute approximate surface area is 119 Å². The van der Waals surface area contributed by atoms with E-state index in [1.165, 1.54) is 16.9 Å². The van der Waals surface area contributed by atoms with E-state index >= 15 is 0 Å². The molecule has 2 heterocycles. The maximum atomic E-state index is 12.1. The van der Waals surface area contributed by atoms with Gasteiger partial charge < -0.3 is 4.90 Å². The zero-order valence-electron chi connectivity index (χ0n) is 9.97. The number of amides is 1. The molecule has 0 aliphatic heterocycles. The van der Waals surface area contributed by atoms with Crippen LogP contribution in [0.25, 0.3) is 0 Å². The Hall–Kier alpha value is -1.20. The fourth-order valence-electron chi connectivity index (χ4n) is 1.57. The van der Waals surface area contributed by atoms with Gasteiger partial charge in [-0.2, -0.15) is 0 Å². The van der Waals surface area contributed by atoms with Crippen LogP contribution in [-0.4, -0.2) is 29.4 Å². The number of pyridine rings is 1. The summed E-state index contributed by atoms with van der Waals surface area (Å²) in [4.78, 5) is 18.6. The minimum atomic E-state index is 0.0692. The van der Waals surface area contributed by atoms with Gasteiger partial charge >= 0.3 is 0 Å². The molecule has 2 aromatic heterocycles. The van der Waals surface area contributed by atoms with E-state index in [-0.39, 0.29) is 5.91 Å². The summed E-state index contributed by atoms with van der Waals surface area (Å²) in [6.45, 7) is 0.707. The maximum absolute atomic E-state index is 12.1. The highest BCUT2D eigenvalue weighted by Gasteiger charge is 2.13. The molecule has 0 atom stereocenters. The first-order valence-electron chi connectivity index (χ1n) is 5.56. The van der Waals surface area contributed by atoms with Gasteiger partial charge in [0.2, 0.25) is 0 Å². The van der Waals surface area contributed by atoms with Crippen LogP contribution in [-0.2, 0) is 6.42 Å². The molecule has 0 unspecified atom stereocenters. The summed E-state index contributed by atoms with van der Waals surface area (Å²) >= 11 is 4.83. The van der Waals surface area contributed by atoms with Gasteiger partial charge in [0.05, 0.1) is 8.66 Å². The fraction of sp³-hybridized carbons (Fsp3) is 0.231. The highest BCUT2D eigenvalue weighted by molar-refractivity contribution is 9.11. The molecule has 0 N–H and O–H groups in total. The molecule has 0 saturated heterocycles. The number of likely N-dealkylation sites (N-methyl/N-ethyl adjacent to an activating group) is 1. The zero-order valence-corrected chi connectivity index (χ0v) is 12.4. The van der Waals surface area contributed by atoms with Gasteiger partial charge in [-0.15, -0.1) is 11.3 Å². The molecule has 0 saturated carbocycles. The molecule has 94 valence electrons. The average Bonchev–Trinajstić information content (AvgIpc) is 2.83. The Kier molecular flexibility index (Phi) is 4.49. The van der Waals surface area contributed by atoms with Crippen molar-refractivity contribution in [1.82, 2.24) is 9.88 Å². The van der Waals surface area contributed by atoms with E-state index in [9.17, 15) is 4.79 Å². The minimum Gasteiger partial charge on any atom is -0.341 e. The van der Waals surface area contributed by atoms with Crippen LogP contribution >= 0.6 is 27.3 Å². The van der Waals surface area contributed by atoms with Gasteiger partial charge in [0.1, 0.15) is 0 Å². The molecular formula is C13H13BrN2OS. The van der Waals surface area contributed by atoms with Crippen molar-refractivity contribution >= 4 is 33.2 Å². The lowest BCUT2D eigenvalue weighted by Gasteiger charge is -2.16. The van der Waals surface area contributed by atoms with E-state index in [0.717, 1.165) is 15.1 Å². The van der Waals surface area contributed by atoms with Crippen molar-refractivity contribution in [2.45, 2.75) is 6.42 Å². The van der Waals surface area contributed by atoms with Crippen LogP contribution in [0.3, 0.4) is 0 Å². The Balaban J connectivity index is 1.92. The molecule has 5 heteroatoms. The smallest absolute Gasteiger partial charge is 0.263 e. The first kappa shape index (κ1) is 13.2. The van der Waals surface area contributed by atoms with E-state index in [1.807, 2.05) is 31.3 Å². The summed E-state index contributed by atoms with van der Waals surface area (Å²) in [7, 11) is 1.83. The van der Waals surface area contributed by atoms with Crippen molar-refractivity contribution in [3.8, 4) is 0 Å². The Morgan fingerprint density at radius 2 is 2.06 bits per heavy atom. The summed E-state index contributed by atoms with van der Waals surface area (Å²) in [6.07, 6.45) is 4.39. The van der Waals surface area contributed by atoms with Crippen LogP contribution < -0.4 is 0 Å². The molecule has 0 aromatic carbocycles. The van der Waals surface area contributed by atoms with Gasteiger partial charge in [-0.25, -0.2) is 0 Å². The third kappa shape index (κ3) is 3.40. The van der Waals surface area contributed by atoms with Crippen molar-refractivity contribution in [2.75, 3.05) is 13.6 Å². The van der Waals surface area contributed by atoms with E-state index in [0.29, 0.717) is 6.54 Å². The number of hydrogen-bond donors (Lipinski definition) is 0. The molecule has 2 rings (SSSR count). The number of carbonyl (C=O) groups excluding carboxylic acids is 1. The third-order valence-corrected chi connectivity index (χ3v) is 4.23. The van der Waals surface area contributed by atoms with Gasteiger partial charge in [0.15, 0.2) is 0 Å². The number of halogens is 1. The number of carbonyl (C=O) groups is 1.